The van der Waals surface area contributed by atoms with Gasteiger partial charge in [0.1, 0.15) is 5.60 Å². The van der Waals surface area contributed by atoms with Crippen molar-refractivity contribution in [1.82, 2.24) is 4.57 Å². The van der Waals surface area contributed by atoms with Crippen LogP contribution in [-0.4, -0.2) is 29.9 Å². The second-order valence-corrected chi connectivity index (χ2v) is 9.81. The van der Waals surface area contributed by atoms with Gasteiger partial charge in [-0.25, -0.2) is 8.42 Å². The third-order valence-electron chi connectivity index (χ3n) is 5.59. The first kappa shape index (κ1) is 22.2. The number of fused-ring (bicyclic) bond motifs is 1. The summed E-state index contributed by atoms with van der Waals surface area (Å²) in [5, 5.41) is 22.2. The van der Waals surface area contributed by atoms with Crippen LogP contribution in [0.25, 0.3) is 10.9 Å². The molecule has 6 nitrogen and oxygen atoms in total. The molecule has 8 heteroatoms. The number of rotatable bonds is 7. The molecule has 0 aliphatic carbocycles. The number of sulfonamides is 1. The van der Waals surface area contributed by atoms with Crippen molar-refractivity contribution >= 4 is 38.2 Å². The van der Waals surface area contributed by atoms with Crippen LogP contribution in [0.4, 0.5) is 5.69 Å². The van der Waals surface area contributed by atoms with Crippen molar-refractivity contribution in [2.24, 2.45) is 0 Å². The average molecular weight is 446 g/mol. The highest BCUT2D eigenvalue weighted by Crippen LogP contribution is 2.45. The van der Waals surface area contributed by atoms with Gasteiger partial charge in [-0.3, -0.25) is 4.72 Å². The molecule has 0 saturated heterocycles. The lowest BCUT2D eigenvalue weighted by Gasteiger charge is -2.46. The summed E-state index contributed by atoms with van der Waals surface area (Å²) in [6.07, 6.45) is 3.31. The summed E-state index contributed by atoms with van der Waals surface area (Å²) < 4.78 is 28.1. The number of nitrogens with zero attached hydrogens (tertiary/aromatic N) is 2. The Morgan fingerprint density at radius 3 is 2.43 bits per heavy atom. The monoisotopic (exact) mass is 445 g/mol. The molecule has 1 heterocycles. The summed E-state index contributed by atoms with van der Waals surface area (Å²) >= 11 is 6.10. The molecule has 0 spiro atoms. The smallest absolute Gasteiger partial charge is 0.229 e. The van der Waals surface area contributed by atoms with Crippen molar-refractivity contribution in [1.29, 1.82) is 5.26 Å². The van der Waals surface area contributed by atoms with Gasteiger partial charge in [0.15, 0.2) is 0 Å². The SMILES string of the molecule is CCC(c1ccc(Cl)cc1)(n1ccc2c(NS(C)(=O)=O)cccc21)C(C)(O)CC#N. The number of nitriles is 1. The molecular weight excluding hydrogens is 422 g/mol. The van der Waals surface area contributed by atoms with E-state index in [1.807, 2.05) is 42.0 Å². The molecule has 0 fully saturated rings. The normalized spacial score (nSPS) is 15.9. The second-order valence-electron chi connectivity index (χ2n) is 7.63. The van der Waals surface area contributed by atoms with Crippen molar-refractivity contribution in [2.75, 3.05) is 11.0 Å². The van der Waals surface area contributed by atoms with Gasteiger partial charge in [0.2, 0.25) is 10.0 Å². The van der Waals surface area contributed by atoms with E-state index in [0.29, 0.717) is 22.5 Å². The summed E-state index contributed by atoms with van der Waals surface area (Å²) in [5.74, 6) is 0. The van der Waals surface area contributed by atoms with Gasteiger partial charge in [-0.05, 0) is 49.2 Å². The van der Waals surface area contributed by atoms with Gasteiger partial charge in [-0.2, -0.15) is 5.26 Å². The summed E-state index contributed by atoms with van der Waals surface area (Å²) in [5.41, 5.74) is -0.419. The van der Waals surface area contributed by atoms with E-state index in [-0.39, 0.29) is 6.42 Å². The van der Waals surface area contributed by atoms with Gasteiger partial charge in [0, 0.05) is 16.6 Å². The Kier molecular flexibility index (Phi) is 5.87. The number of benzene rings is 2. The quantitative estimate of drug-likeness (QED) is 0.560. The molecule has 3 aromatic rings. The van der Waals surface area contributed by atoms with Crippen LogP contribution < -0.4 is 4.72 Å². The minimum absolute atomic E-state index is 0.0928. The van der Waals surface area contributed by atoms with E-state index in [1.165, 1.54) is 0 Å². The highest BCUT2D eigenvalue weighted by atomic mass is 35.5. The van der Waals surface area contributed by atoms with Crippen LogP contribution in [0, 0.1) is 11.3 Å². The maximum absolute atomic E-state index is 11.8. The maximum Gasteiger partial charge on any atom is 0.229 e. The van der Waals surface area contributed by atoms with E-state index in [1.54, 1.807) is 31.2 Å². The van der Waals surface area contributed by atoms with E-state index < -0.39 is 21.2 Å². The zero-order chi connectivity index (χ0) is 22.2. The maximum atomic E-state index is 11.8. The zero-order valence-corrected chi connectivity index (χ0v) is 18.6. The summed E-state index contributed by atoms with van der Waals surface area (Å²) in [6.45, 7) is 3.60. The van der Waals surface area contributed by atoms with Crippen molar-refractivity contribution < 1.29 is 13.5 Å². The Bertz CT molecular complexity index is 1210. The molecule has 158 valence electrons. The van der Waals surface area contributed by atoms with Crippen LogP contribution in [0.15, 0.2) is 54.7 Å². The lowest BCUT2D eigenvalue weighted by molar-refractivity contribution is -0.0362. The fourth-order valence-electron chi connectivity index (χ4n) is 4.28. The van der Waals surface area contributed by atoms with Crippen LogP contribution in [0.3, 0.4) is 0 Å². The molecule has 0 bridgehead atoms. The van der Waals surface area contributed by atoms with Gasteiger partial charge < -0.3 is 9.67 Å². The van der Waals surface area contributed by atoms with E-state index in [4.69, 9.17) is 11.6 Å². The minimum atomic E-state index is -3.46. The Balaban J connectivity index is 2.35. The van der Waals surface area contributed by atoms with Gasteiger partial charge in [-0.1, -0.05) is 36.7 Å². The first-order valence-corrected chi connectivity index (χ1v) is 11.8. The fraction of sp³-hybridized carbons (Fsp3) is 0.318. The number of nitrogens with one attached hydrogen (secondary N) is 1. The lowest BCUT2D eigenvalue weighted by atomic mass is 9.71. The number of hydrogen-bond donors (Lipinski definition) is 2. The zero-order valence-electron chi connectivity index (χ0n) is 17.1. The molecule has 3 rings (SSSR count). The molecule has 0 aliphatic heterocycles. The molecule has 1 aromatic heterocycles. The van der Waals surface area contributed by atoms with Crippen LogP contribution >= 0.6 is 11.6 Å². The number of aliphatic hydroxyl groups is 1. The highest BCUT2D eigenvalue weighted by molar-refractivity contribution is 7.92. The molecule has 0 amide bonds. The predicted molar refractivity (Wildman–Crippen MR) is 120 cm³/mol. The molecule has 2 aromatic carbocycles. The summed E-state index contributed by atoms with van der Waals surface area (Å²) in [6, 6.07) is 16.4. The first-order chi connectivity index (χ1) is 14.1. The average Bonchev–Trinajstić information content (AvgIpc) is 3.08. The fourth-order valence-corrected chi connectivity index (χ4v) is 4.98. The Hall–Kier alpha value is -2.53. The molecule has 2 N–H and O–H groups in total. The topological polar surface area (TPSA) is 95.1 Å². The Morgan fingerprint density at radius 1 is 1.20 bits per heavy atom. The highest BCUT2D eigenvalue weighted by Gasteiger charge is 2.49. The largest absolute Gasteiger partial charge is 0.386 e. The van der Waals surface area contributed by atoms with Crippen LogP contribution in [0.1, 0.15) is 32.3 Å². The molecule has 0 radical (unpaired) electrons. The van der Waals surface area contributed by atoms with Crippen molar-refractivity contribution in [3.05, 3.63) is 65.3 Å². The molecule has 0 aliphatic rings. The van der Waals surface area contributed by atoms with Crippen molar-refractivity contribution in [3.63, 3.8) is 0 Å². The Labute approximate surface area is 181 Å². The Morgan fingerprint density at radius 2 is 1.87 bits per heavy atom. The summed E-state index contributed by atoms with van der Waals surface area (Å²) in [4.78, 5) is 0. The van der Waals surface area contributed by atoms with E-state index >= 15 is 0 Å². The standard InChI is InChI=1S/C22H24ClN3O3S/c1-4-22(21(2,27)13-14-24,16-8-10-17(23)11-9-16)26-15-12-18-19(25-30(3,28)29)6-5-7-20(18)26/h5-12,15,25,27H,4,13H2,1-3H3. The van der Waals surface area contributed by atoms with E-state index in [9.17, 15) is 18.8 Å². The van der Waals surface area contributed by atoms with Crippen LogP contribution in [-0.2, 0) is 15.6 Å². The molecule has 2 unspecified atom stereocenters. The molecule has 2 atom stereocenters. The van der Waals surface area contributed by atoms with Gasteiger partial charge in [0.05, 0.1) is 35.5 Å². The number of aromatic nitrogens is 1. The predicted octanol–water partition coefficient (Wildman–Crippen LogP) is 4.48. The van der Waals surface area contributed by atoms with Gasteiger partial charge >= 0.3 is 0 Å². The molecule has 0 saturated carbocycles. The van der Waals surface area contributed by atoms with Crippen molar-refractivity contribution in [2.45, 2.75) is 37.8 Å². The van der Waals surface area contributed by atoms with E-state index in [2.05, 4.69) is 10.8 Å². The molecular formula is C22H24ClN3O3S. The van der Waals surface area contributed by atoms with Crippen LogP contribution in [0.2, 0.25) is 5.02 Å². The minimum Gasteiger partial charge on any atom is -0.386 e. The van der Waals surface area contributed by atoms with Crippen LogP contribution in [0.5, 0.6) is 0 Å². The van der Waals surface area contributed by atoms with Crippen molar-refractivity contribution in [3.8, 4) is 6.07 Å². The summed E-state index contributed by atoms with van der Waals surface area (Å²) in [7, 11) is -3.46. The molecule has 30 heavy (non-hydrogen) atoms. The third-order valence-corrected chi connectivity index (χ3v) is 6.43. The third kappa shape index (κ3) is 3.79. The number of hydrogen-bond acceptors (Lipinski definition) is 4. The number of halogens is 1. The van der Waals surface area contributed by atoms with Gasteiger partial charge in [0.25, 0.3) is 0 Å². The number of anilines is 1. The lowest BCUT2D eigenvalue weighted by Crippen LogP contribution is -2.54. The van der Waals surface area contributed by atoms with Gasteiger partial charge in [-0.15, -0.1) is 0 Å². The van der Waals surface area contributed by atoms with E-state index in [0.717, 1.165) is 17.3 Å². The second kappa shape index (κ2) is 7.95. The first-order valence-electron chi connectivity index (χ1n) is 9.49.